The molecule has 2 amide bonds. The smallest absolute Gasteiger partial charge is 0.225 e. The van der Waals surface area contributed by atoms with Crippen LogP contribution in [0, 0.1) is 5.92 Å². The van der Waals surface area contributed by atoms with Gasteiger partial charge in [0.25, 0.3) is 0 Å². The van der Waals surface area contributed by atoms with E-state index >= 15 is 0 Å². The second-order valence-corrected chi connectivity index (χ2v) is 6.01. The Morgan fingerprint density at radius 2 is 1.80 bits per heavy atom. The molecular weight excluding hydrogens is 254 g/mol. The van der Waals surface area contributed by atoms with Crippen molar-refractivity contribution in [2.45, 2.75) is 57.4 Å². The molecule has 0 bridgehead atoms. The highest BCUT2D eigenvalue weighted by Crippen LogP contribution is 2.29. The summed E-state index contributed by atoms with van der Waals surface area (Å²) in [5.74, 6) is 0.543. The van der Waals surface area contributed by atoms with Gasteiger partial charge in [-0.2, -0.15) is 0 Å². The first-order chi connectivity index (χ1) is 9.72. The molecule has 0 aromatic heterocycles. The molecule has 5 heteroatoms. The quantitative estimate of drug-likeness (QED) is 0.790. The van der Waals surface area contributed by atoms with Crippen LogP contribution in [0.1, 0.15) is 51.4 Å². The average molecular weight is 281 g/mol. The Morgan fingerprint density at radius 3 is 2.50 bits per heavy atom. The molecule has 0 aromatic rings. The molecule has 5 nitrogen and oxygen atoms in total. The van der Waals surface area contributed by atoms with Crippen molar-refractivity contribution in [1.82, 2.24) is 10.2 Å². The van der Waals surface area contributed by atoms with Gasteiger partial charge < -0.3 is 16.0 Å². The Hall–Kier alpha value is -1.10. The van der Waals surface area contributed by atoms with Crippen LogP contribution in [0.2, 0.25) is 0 Å². The summed E-state index contributed by atoms with van der Waals surface area (Å²) in [6.07, 6.45) is 8.05. The highest BCUT2D eigenvalue weighted by Gasteiger charge is 2.32. The zero-order valence-electron chi connectivity index (χ0n) is 12.3. The Kier molecular flexibility index (Phi) is 5.83. The topological polar surface area (TPSA) is 75.4 Å². The number of nitrogens with zero attached hydrogens (tertiary/aromatic N) is 1. The first-order valence-electron chi connectivity index (χ1n) is 7.99. The van der Waals surface area contributed by atoms with E-state index in [0.717, 1.165) is 38.6 Å². The van der Waals surface area contributed by atoms with Crippen molar-refractivity contribution in [2.24, 2.45) is 11.7 Å². The van der Waals surface area contributed by atoms with E-state index in [9.17, 15) is 9.59 Å². The molecule has 2 rings (SSSR count). The Balaban J connectivity index is 1.87. The van der Waals surface area contributed by atoms with Gasteiger partial charge in [0.15, 0.2) is 0 Å². The number of hydrogen-bond acceptors (Lipinski definition) is 3. The second-order valence-electron chi connectivity index (χ2n) is 6.01. The maximum absolute atomic E-state index is 12.6. The lowest BCUT2D eigenvalue weighted by atomic mass is 9.98. The summed E-state index contributed by atoms with van der Waals surface area (Å²) in [6.45, 7) is 1.81. The molecule has 0 radical (unpaired) electrons. The molecule has 0 spiro atoms. The molecule has 2 fully saturated rings. The van der Waals surface area contributed by atoms with Crippen molar-refractivity contribution in [1.29, 1.82) is 0 Å². The Bertz CT molecular complexity index is 340. The highest BCUT2D eigenvalue weighted by atomic mass is 16.2. The minimum atomic E-state index is -0.00802. The maximum atomic E-state index is 12.6. The summed E-state index contributed by atoms with van der Waals surface area (Å²) < 4.78 is 0. The van der Waals surface area contributed by atoms with E-state index < -0.39 is 0 Å². The van der Waals surface area contributed by atoms with Gasteiger partial charge >= 0.3 is 0 Å². The zero-order chi connectivity index (χ0) is 14.4. The van der Waals surface area contributed by atoms with Crippen molar-refractivity contribution < 1.29 is 9.59 Å². The predicted octanol–water partition coefficient (Wildman–Crippen LogP) is 1.02. The number of piperidine rings is 1. The summed E-state index contributed by atoms with van der Waals surface area (Å²) in [5.41, 5.74) is 5.37. The predicted molar refractivity (Wildman–Crippen MR) is 78.0 cm³/mol. The van der Waals surface area contributed by atoms with Gasteiger partial charge in [-0.25, -0.2) is 0 Å². The number of carbonyl (C=O) groups is 2. The van der Waals surface area contributed by atoms with Gasteiger partial charge in [-0.1, -0.05) is 12.8 Å². The van der Waals surface area contributed by atoms with Crippen LogP contribution in [-0.4, -0.2) is 42.4 Å². The highest BCUT2D eigenvalue weighted by molar-refractivity contribution is 5.80. The van der Waals surface area contributed by atoms with Crippen molar-refractivity contribution in [3.63, 3.8) is 0 Å². The fraction of sp³-hybridized carbons (Fsp3) is 0.867. The number of likely N-dealkylation sites (tertiary alicyclic amines) is 1. The van der Waals surface area contributed by atoms with Crippen molar-refractivity contribution in [3.8, 4) is 0 Å². The summed E-state index contributed by atoms with van der Waals surface area (Å²) in [4.78, 5) is 26.1. The molecule has 1 saturated heterocycles. The summed E-state index contributed by atoms with van der Waals surface area (Å²) >= 11 is 0. The third-order valence-electron chi connectivity index (χ3n) is 4.52. The Labute approximate surface area is 121 Å². The molecule has 1 saturated carbocycles. The average Bonchev–Trinajstić information content (AvgIpc) is 2.99. The van der Waals surface area contributed by atoms with Gasteiger partial charge in [-0.15, -0.1) is 0 Å². The van der Waals surface area contributed by atoms with Gasteiger partial charge in [0, 0.05) is 38.0 Å². The van der Waals surface area contributed by atoms with Crippen LogP contribution in [0.4, 0.5) is 0 Å². The van der Waals surface area contributed by atoms with Crippen LogP contribution in [0.5, 0.6) is 0 Å². The summed E-state index contributed by atoms with van der Waals surface area (Å²) in [6, 6.07) is 0.179. The van der Waals surface area contributed by atoms with E-state index in [-0.39, 0.29) is 17.9 Å². The number of rotatable bonds is 5. The molecule has 1 atom stereocenters. The molecule has 1 aliphatic carbocycles. The Morgan fingerprint density at radius 1 is 1.10 bits per heavy atom. The molecule has 2 aliphatic rings. The van der Waals surface area contributed by atoms with Gasteiger partial charge in [-0.3, -0.25) is 9.59 Å². The molecule has 1 aliphatic heterocycles. The number of carbonyl (C=O) groups excluding carboxylic acids is 2. The van der Waals surface area contributed by atoms with Gasteiger partial charge in [0.05, 0.1) is 0 Å². The summed E-state index contributed by atoms with van der Waals surface area (Å²) in [5, 5.41) is 2.92. The molecular formula is C15H27N3O2. The summed E-state index contributed by atoms with van der Waals surface area (Å²) in [7, 11) is 0. The minimum absolute atomic E-state index is 0.00802. The molecule has 20 heavy (non-hydrogen) atoms. The standard InChI is InChI=1S/C15H27N3O2/c16-9-8-14(19)17-11-13-7-3-4-10-18(13)15(20)12-5-1-2-6-12/h12-13H,1-11,16H2,(H,17,19). The lowest BCUT2D eigenvalue weighted by molar-refractivity contribution is -0.139. The fourth-order valence-corrected chi connectivity index (χ4v) is 3.36. The van der Waals surface area contributed by atoms with Crippen molar-refractivity contribution in [2.75, 3.05) is 19.6 Å². The third-order valence-corrected chi connectivity index (χ3v) is 4.52. The number of nitrogens with one attached hydrogen (secondary N) is 1. The van der Waals surface area contributed by atoms with Crippen LogP contribution in [0.3, 0.4) is 0 Å². The van der Waals surface area contributed by atoms with E-state index in [1.807, 2.05) is 4.90 Å². The van der Waals surface area contributed by atoms with Gasteiger partial charge in [0.1, 0.15) is 0 Å². The monoisotopic (exact) mass is 281 g/mol. The number of hydrogen-bond donors (Lipinski definition) is 2. The van der Waals surface area contributed by atoms with Crippen LogP contribution in [0.25, 0.3) is 0 Å². The SMILES string of the molecule is NCCC(=O)NCC1CCCCN1C(=O)C1CCCC1. The fourth-order valence-electron chi connectivity index (χ4n) is 3.36. The van der Waals surface area contributed by atoms with E-state index in [4.69, 9.17) is 5.73 Å². The van der Waals surface area contributed by atoms with Crippen molar-refractivity contribution >= 4 is 11.8 Å². The molecule has 114 valence electrons. The number of amides is 2. The minimum Gasteiger partial charge on any atom is -0.354 e. The number of nitrogens with two attached hydrogens (primary N) is 1. The van der Waals surface area contributed by atoms with Crippen LogP contribution < -0.4 is 11.1 Å². The largest absolute Gasteiger partial charge is 0.354 e. The first kappa shape index (κ1) is 15.3. The van der Waals surface area contributed by atoms with Gasteiger partial charge in [0.2, 0.25) is 11.8 Å². The van der Waals surface area contributed by atoms with Crippen molar-refractivity contribution in [3.05, 3.63) is 0 Å². The maximum Gasteiger partial charge on any atom is 0.225 e. The van der Waals surface area contributed by atoms with E-state index in [2.05, 4.69) is 5.32 Å². The lowest BCUT2D eigenvalue weighted by Gasteiger charge is -2.37. The zero-order valence-corrected chi connectivity index (χ0v) is 12.3. The van der Waals surface area contributed by atoms with Crippen LogP contribution in [0.15, 0.2) is 0 Å². The lowest BCUT2D eigenvalue weighted by Crippen LogP contribution is -2.51. The molecule has 1 heterocycles. The third kappa shape index (κ3) is 3.95. The first-order valence-corrected chi connectivity index (χ1v) is 7.99. The van der Waals surface area contributed by atoms with E-state index in [0.29, 0.717) is 25.4 Å². The second kappa shape index (κ2) is 7.62. The molecule has 1 unspecified atom stereocenters. The molecule has 0 aromatic carbocycles. The van der Waals surface area contributed by atoms with E-state index in [1.165, 1.54) is 12.8 Å². The molecule has 3 N–H and O–H groups in total. The van der Waals surface area contributed by atoms with Crippen LogP contribution >= 0.6 is 0 Å². The van der Waals surface area contributed by atoms with Gasteiger partial charge in [-0.05, 0) is 32.1 Å². The normalized spacial score (nSPS) is 23.9. The van der Waals surface area contributed by atoms with Crippen LogP contribution in [-0.2, 0) is 9.59 Å². The van der Waals surface area contributed by atoms with E-state index in [1.54, 1.807) is 0 Å².